The maximum atomic E-state index is 13.0. The number of rotatable bonds is 6. The Hall–Kier alpha value is -2.60. The van der Waals surface area contributed by atoms with E-state index in [0.29, 0.717) is 5.69 Å². The third-order valence-electron chi connectivity index (χ3n) is 4.64. The second-order valence-corrected chi connectivity index (χ2v) is 6.29. The molecule has 1 aliphatic rings. The van der Waals surface area contributed by atoms with Crippen molar-refractivity contribution >= 4 is 11.6 Å². The average molecular weight is 358 g/mol. The molecule has 0 saturated carbocycles. The first kappa shape index (κ1) is 18.2. The molecule has 1 heterocycles. The summed E-state index contributed by atoms with van der Waals surface area (Å²) >= 11 is 0. The summed E-state index contributed by atoms with van der Waals surface area (Å²) in [4.78, 5) is 14.5. The van der Waals surface area contributed by atoms with Crippen LogP contribution in [0, 0.1) is 5.82 Å². The summed E-state index contributed by atoms with van der Waals surface area (Å²) in [5, 5.41) is 2.82. The number of nitrogens with zero attached hydrogens (tertiary/aromatic N) is 1. The number of amides is 1. The summed E-state index contributed by atoms with van der Waals surface area (Å²) < 4.78 is 23.7. The van der Waals surface area contributed by atoms with Gasteiger partial charge in [0.2, 0.25) is 5.91 Å². The van der Waals surface area contributed by atoms with E-state index in [1.54, 1.807) is 26.4 Å². The molecule has 0 aromatic heterocycles. The first-order chi connectivity index (χ1) is 12.6. The van der Waals surface area contributed by atoms with Gasteiger partial charge in [-0.05, 0) is 49.7 Å². The topological polar surface area (TPSA) is 50.8 Å². The SMILES string of the molecule is COc1ccc([C@@H]2CCCN2CC(=O)Nc2ccc(F)cc2)c(OC)c1. The number of halogens is 1. The fraction of sp³-hybridized carbons (Fsp3) is 0.350. The zero-order valence-corrected chi connectivity index (χ0v) is 15.0. The second-order valence-electron chi connectivity index (χ2n) is 6.29. The number of hydrogen-bond donors (Lipinski definition) is 1. The maximum absolute atomic E-state index is 13.0. The number of benzene rings is 2. The Morgan fingerprint density at radius 1 is 1.19 bits per heavy atom. The van der Waals surface area contributed by atoms with E-state index in [2.05, 4.69) is 10.2 Å². The predicted octanol–water partition coefficient (Wildman–Crippen LogP) is 3.62. The van der Waals surface area contributed by atoms with Gasteiger partial charge in [-0.25, -0.2) is 4.39 Å². The second kappa shape index (κ2) is 8.19. The molecule has 26 heavy (non-hydrogen) atoms. The van der Waals surface area contributed by atoms with E-state index in [9.17, 15) is 9.18 Å². The van der Waals surface area contributed by atoms with Crippen LogP contribution in [0.5, 0.6) is 11.5 Å². The molecular formula is C20H23FN2O3. The first-order valence-electron chi connectivity index (χ1n) is 8.62. The minimum atomic E-state index is -0.325. The van der Waals surface area contributed by atoms with E-state index in [1.807, 2.05) is 18.2 Å². The van der Waals surface area contributed by atoms with Crippen molar-refractivity contribution in [3.8, 4) is 11.5 Å². The number of nitrogens with one attached hydrogen (secondary N) is 1. The van der Waals surface area contributed by atoms with E-state index in [4.69, 9.17) is 9.47 Å². The smallest absolute Gasteiger partial charge is 0.238 e. The number of methoxy groups -OCH3 is 2. The lowest BCUT2D eigenvalue weighted by Gasteiger charge is -2.25. The highest BCUT2D eigenvalue weighted by molar-refractivity contribution is 5.92. The molecule has 0 aliphatic carbocycles. The largest absolute Gasteiger partial charge is 0.497 e. The van der Waals surface area contributed by atoms with E-state index in [1.165, 1.54) is 12.1 Å². The van der Waals surface area contributed by atoms with Crippen LogP contribution in [0.1, 0.15) is 24.4 Å². The van der Waals surface area contributed by atoms with Crippen LogP contribution in [0.25, 0.3) is 0 Å². The summed E-state index contributed by atoms with van der Waals surface area (Å²) in [5.74, 6) is 1.06. The van der Waals surface area contributed by atoms with Crippen molar-refractivity contribution in [2.75, 3.05) is 32.6 Å². The third-order valence-corrected chi connectivity index (χ3v) is 4.64. The molecule has 1 amide bonds. The maximum Gasteiger partial charge on any atom is 0.238 e. The van der Waals surface area contributed by atoms with Crippen molar-refractivity contribution in [1.29, 1.82) is 0 Å². The Bertz CT molecular complexity index is 764. The van der Waals surface area contributed by atoms with Crippen molar-refractivity contribution in [2.45, 2.75) is 18.9 Å². The molecule has 0 bridgehead atoms. The molecule has 1 atom stereocenters. The number of anilines is 1. The Balaban J connectivity index is 1.70. The van der Waals surface area contributed by atoms with E-state index >= 15 is 0 Å². The Morgan fingerprint density at radius 2 is 1.96 bits per heavy atom. The van der Waals surface area contributed by atoms with Gasteiger partial charge >= 0.3 is 0 Å². The lowest BCUT2D eigenvalue weighted by atomic mass is 10.0. The van der Waals surface area contributed by atoms with Gasteiger partial charge in [0.25, 0.3) is 0 Å². The van der Waals surface area contributed by atoms with Gasteiger partial charge in [0, 0.05) is 23.4 Å². The first-order valence-corrected chi connectivity index (χ1v) is 8.62. The highest BCUT2D eigenvalue weighted by Gasteiger charge is 2.29. The van der Waals surface area contributed by atoms with Crippen LogP contribution in [0.3, 0.4) is 0 Å². The van der Waals surface area contributed by atoms with Gasteiger partial charge in [0.05, 0.1) is 20.8 Å². The molecule has 0 spiro atoms. The minimum absolute atomic E-state index is 0.115. The van der Waals surface area contributed by atoms with Crippen molar-refractivity contribution in [3.63, 3.8) is 0 Å². The minimum Gasteiger partial charge on any atom is -0.497 e. The fourth-order valence-corrected chi connectivity index (χ4v) is 3.38. The number of ether oxygens (including phenoxy) is 2. The summed E-state index contributed by atoms with van der Waals surface area (Å²) in [7, 11) is 3.26. The van der Waals surface area contributed by atoms with Crippen LogP contribution in [-0.4, -0.2) is 38.1 Å². The predicted molar refractivity (Wildman–Crippen MR) is 98.1 cm³/mol. The van der Waals surface area contributed by atoms with Crippen LogP contribution in [0.2, 0.25) is 0 Å². The molecule has 1 N–H and O–H groups in total. The lowest BCUT2D eigenvalue weighted by Crippen LogP contribution is -2.33. The normalized spacial score (nSPS) is 17.1. The van der Waals surface area contributed by atoms with Crippen LogP contribution in [-0.2, 0) is 4.79 Å². The quantitative estimate of drug-likeness (QED) is 0.857. The van der Waals surface area contributed by atoms with Gasteiger partial charge in [-0.1, -0.05) is 6.07 Å². The van der Waals surface area contributed by atoms with E-state index < -0.39 is 0 Å². The molecule has 2 aromatic carbocycles. The van der Waals surface area contributed by atoms with Crippen molar-refractivity contribution in [1.82, 2.24) is 4.90 Å². The van der Waals surface area contributed by atoms with Crippen LogP contribution >= 0.6 is 0 Å². The molecule has 1 aliphatic heterocycles. The zero-order valence-electron chi connectivity index (χ0n) is 15.0. The highest BCUT2D eigenvalue weighted by atomic mass is 19.1. The molecule has 0 radical (unpaired) electrons. The molecule has 2 aromatic rings. The summed E-state index contributed by atoms with van der Waals surface area (Å²) in [6, 6.07) is 11.7. The van der Waals surface area contributed by atoms with Gasteiger partial charge in [0.15, 0.2) is 0 Å². The van der Waals surface area contributed by atoms with Gasteiger partial charge < -0.3 is 14.8 Å². The number of likely N-dealkylation sites (tertiary alicyclic amines) is 1. The summed E-state index contributed by atoms with van der Waals surface area (Å²) in [6.45, 7) is 1.12. The van der Waals surface area contributed by atoms with Gasteiger partial charge in [-0.15, -0.1) is 0 Å². The standard InChI is InChI=1S/C20H23FN2O3/c1-25-16-9-10-17(19(12-16)26-2)18-4-3-11-23(18)13-20(24)22-15-7-5-14(21)6-8-15/h5-10,12,18H,3-4,11,13H2,1-2H3,(H,22,24)/t18-/m0/s1. The monoisotopic (exact) mass is 358 g/mol. The zero-order chi connectivity index (χ0) is 18.5. The molecular weight excluding hydrogens is 335 g/mol. The van der Waals surface area contributed by atoms with Crippen molar-refractivity contribution < 1.29 is 18.7 Å². The molecule has 138 valence electrons. The highest BCUT2D eigenvalue weighted by Crippen LogP contribution is 2.38. The fourth-order valence-electron chi connectivity index (χ4n) is 3.38. The molecule has 0 unspecified atom stereocenters. The van der Waals surface area contributed by atoms with Crippen molar-refractivity contribution in [3.05, 3.63) is 53.8 Å². The average Bonchev–Trinajstić information content (AvgIpc) is 3.10. The summed E-state index contributed by atoms with van der Waals surface area (Å²) in [6.07, 6.45) is 1.98. The van der Waals surface area contributed by atoms with E-state index in [-0.39, 0.29) is 24.3 Å². The van der Waals surface area contributed by atoms with Crippen LogP contribution in [0.15, 0.2) is 42.5 Å². The van der Waals surface area contributed by atoms with Crippen molar-refractivity contribution in [2.24, 2.45) is 0 Å². The van der Waals surface area contributed by atoms with Crippen LogP contribution in [0.4, 0.5) is 10.1 Å². The van der Waals surface area contributed by atoms with Crippen LogP contribution < -0.4 is 14.8 Å². The summed E-state index contributed by atoms with van der Waals surface area (Å²) in [5.41, 5.74) is 1.65. The Morgan fingerprint density at radius 3 is 2.65 bits per heavy atom. The third kappa shape index (κ3) is 4.14. The Labute approximate surface area is 152 Å². The van der Waals surface area contributed by atoms with Gasteiger partial charge in [-0.2, -0.15) is 0 Å². The molecule has 5 nitrogen and oxygen atoms in total. The number of carbonyl (C=O) groups excluding carboxylic acids is 1. The van der Waals surface area contributed by atoms with E-state index in [0.717, 1.165) is 36.4 Å². The molecule has 3 rings (SSSR count). The molecule has 1 fully saturated rings. The molecule has 6 heteroatoms. The van der Waals surface area contributed by atoms with Gasteiger partial charge in [0.1, 0.15) is 17.3 Å². The Kier molecular flexibility index (Phi) is 5.73. The number of carbonyl (C=O) groups is 1. The number of hydrogen-bond acceptors (Lipinski definition) is 4. The molecule has 1 saturated heterocycles. The van der Waals surface area contributed by atoms with Gasteiger partial charge in [-0.3, -0.25) is 9.69 Å². The lowest BCUT2D eigenvalue weighted by molar-refractivity contribution is -0.117.